The van der Waals surface area contributed by atoms with Gasteiger partial charge in [-0.05, 0) is 19.7 Å². The second kappa shape index (κ2) is 6.40. The van der Waals surface area contributed by atoms with Gasteiger partial charge in [0.25, 0.3) is 0 Å². The first-order valence-corrected chi connectivity index (χ1v) is 5.72. The lowest BCUT2D eigenvalue weighted by Crippen LogP contribution is -2.25. The number of rotatable bonds is 6. The molecule has 0 aliphatic heterocycles. The van der Waals surface area contributed by atoms with Crippen LogP contribution in [-0.2, 0) is 0 Å². The van der Waals surface area contributed by atoms with E-state index in [1.165, 1.54) is 0 Å². The molecule has 88 valence electrons. The molecule has 0 saturated carbocycles. The number of aromatic nitrogens is 1. The van der Waals surface area contributed by atoms with Crippen molar-refractivity contribution in [2.24, 2.45) is 5.73 Å². The summed E-state index contributed by atoms with van der Waals surface area (Å²) < 4.78 is 0. The van der Waals surface area contributed by atoms with Crippen LogP contribution in [0, 0.1) is 0 Å². The standard InChI is InChI=1S/C11H18N4S/c1-3-15(2)7-6-14-10-8-13-5-4-9(10)11(12)16/h4-5,8,14H,3,6-7H2,1-2H3,(H2,12,16). The van der Waals surface area contributed by atoms with Crippen LogP contribution in [0.3, 0.4) is 0 Å². The third kappa shape index (κ3) is 3.75. The summed E-state index contributed by atoms with van der Waals surface area (Å²) in [5.74, 6) is 0. The molecule has 1 heterocycles. The van der Waals surface area contributed by atoms with E-state index in [0.717, 1.165) is 30.9 Å². The quantitative estimate of drug-likeness (QED) is 0.726. The van der Waals surface area contributed by atoms with Crippen LogP contribution in [0.25, 0.3) is 0 Å². The molecule has 0 aliphatic carbocycles. The van der Waals surface area contributed by atoms with E-state index >= 15 is 0 Å². The summed E-state index contributed by atoms with van der Waals surface area (Å²) in [6, 6.07) is 1.83. The van der Waals surface area contributed by atoms with E-state index < -0.39 is 0 Å². The first kappa shape index (κ1) is 12.9. The zero-order valence-electron chi connectivity index (χ0n) is 9.73. The lowest BCUT2D eigenvalue weighted by atomic mass is 10.2. The van der Waals surface area contributed by atoms with Gasteiger partial charge in [-0.15, -0.1) is 0 Å². The van der Waals surface area contributed by atoms with Crippen molar-refractivity contribution in [2.75, 3.05) is 32.0 Å². The van der Waals surface area contributed by atoms with Gasteiger partial charge in [0, 0.05) is 24.8 Å². The number of hydrogen-bond donors (Lipinski definition) is 2. The van der Waals surface area contributed by atoms with Gasteiger partial charge < -0.3 is 16.0 Å². The number of hydrogen-bond acceptors (Lipinski definition) is 4. The van der Waals surface area contributed by atoms with Crippen molar-refractivity contribution in [3.8, 4) is 0 Å². The highest BCUT2D eigenvalue weighted by Crippen LogP contribution is 2.12. The maximum absolute atomic E-state index is 5.63. The summed E-state index contributed by atoms with van der Waals surface area (Å²) >= 11 is 4.97. The van der Waals surface area contributed by atoms with E-state index in [-0.39, 0.29) is 0 Å². The molecule has 5 heteroatoms. The minimum atomic E-state index is 0.397. The normalized spacial score (nSPS) is 10.4. The smallest absolute Gasteiger partial charge is 0.106 e. The van der Waals surface area contributed by atoms with Crippen LogP contribution >= 0.6 is 12.2 Å². The fraction of sp³-hybridized carbons (Fsp3) is 0.455. The molecule has 0 atom stereocenters. The molecule has 4 nitrogen and oxygen atoms in total. The molecule has 1 rings (SSSR count). The number of anilines is 1. The van der Waals surface area contributed by atoms with Gasteiger partial charge in [-0.3, -0.25) is 4.98 Å². The summed E-state index contributed by atoms with van der Waals surface area (Å²) in [5.41, 5.74) is 7.38. The van der Waals surface area contributed by atoms with Gasteiger partial charge in [-0.1, -0.05) is 19.1 Å². The Hall–Kier alpha value is -1.20. The predicted molar refractivity (Wildman–Crippen MR) is 71.8 cm³/mol. The molecule has 1 aromatic heterocycles. The summed E-state index contributed by atoms with van der Waals surface area (Å²) in [4.78, 5) is 6.68. The second-order valence-corrected chi connectivity index (χ2v) is 4.05. The molecule has 0 spiro atoms. The lowest BCUT2D eigenvalue weighted by Gasteiger charge is -2.15. The zero-order chi connectivity index (χ0) is 12.0. The van der Waals surface area contributed by atoms with Crippen molar-refractivity contribution >= 4 is 22.9 Å². The number of likely N-dealkylation sites (N-methyl/N-ethyl adjacent to an activating group) is 1. The van der Waals surface area contributed by atoms with Gasteiger partial charge in [0.05, 0.1) is 11.9 Å². The van der Waals surface area contributed by atoms with Gasteiger partial charge in [0.2, 0.25) is 0 Å². The summed E-state index contributed by atoms with van der Waals surface area (Å²) in [5, 5.41) is 3.29. The topological polar surface area (TPSA) is 54.2 Å². The van der Waals surface area contributed by atoms with Crippen LogP contribution in [0.15, 0.2) is 18.5 Å². The van der Waals surface area contributed by atoms with Crippen molar-refractivity contribution in [2.45, 2.75) is 6.92 Å². The number of thiocarbonyl (C=S) groups is 1. The molecule has 0 amide bonds. The monoisotopic (exact) mass is 238 g/mol. The molecule has 0 radical (unpaired) electrons. The van der Waals surface area contributed by atoms with Crippen LogP contribution in [0.2, 0.25) is 0 Å². The molecule has 0 aromatic carbocycles. The van der Waals surface area contributed by atoms with Gasteiger partial charge in [0.15, 0.2) is 0 Å². The molecular weight excluding hydrogens is 220 g/mol. The van der Waals surface area contributed by atoms with E-state index in [0.29, 0.717) is 4.99 Å². The Morgan fingerprint density at radius 3 is 3.00 bits per heavy atom. The average molecular weight is 238 g/mol. The Labute approximate surface area is 102 Å². The molecule has 0 unspecified atom stereocenters. The molecule has 0 bridgehead atoms. The van der Waals surface area contributed by atoms with Crippen LogP contribution in [0.1, 0.15) is 12.5 Å². The van der Waals surface area contributed by atoms with Gasteiger partial charge in [-0.25, -0.2) is 0 Å². The van der Waals surface area contributed by atoms with Crippen molar-refractivity contribution in [1.82, 2.24) is 9.88 Å². The third-order valence-electron chi connectivity index (χ3n) is 2.44. The Balaban J connectivity index is 2.56. The highest BCUT2D eigenvalue weighted by atomic mass is 32.1. The van der Waals surface area contributed by atoms with Gasteiger partial charge in [0.1, 0.15) is 4.99 Å². The van der Waals surface area contributed by atoms with Crippen molar-refractivity contribution in [3.05, 3.63) is 24.0 Å². The molecule has 0 fully saturated rings. The average Bonchev–Trinajstić information content (AvgIpc) is 2.29. The van der Waals surface area contributed by atoms with Crippen molar-refractivity contribution in [3.63, 3.8) is 0 Å². The predicted octanol–water partition coefficient (Wildman–Crippen LogP) is 1.08. The first-order valence-electron chi connectivity index (χ1n) is 5.31. The maximum Gasteiger partial charge on any atom is 0.106 e. The highest BCUT2D eigenvalue weighted by molar-refractivity contribution is 7.80. The van der Waals surface area contributed by atoms with E-state index in [1.54, 1.807) is 12.4 Å². The summed E-state index contributed by atoms with van der Waals surface area (Å²) in [6.45, 7) is 5.00. The molecule has 1 aromatic rings. The fourth-order valence-electron chi connectivity index (χ4n) is 1.29. The molecule has 0 saturated heterocycles. The van der Waals surface area contributed by atoms with Crippen LogP contribution < -0.4 is 11.1 Å². The molecular formula is C11H18N4S. The SMILES string of the molecule is CCN(C)CCNc1cnccc1C(N)=S. The Morgan fingerprint density at radius 2 is 2.38 bits per heavy atom. The Bertz CT molecular complexity index is 354. The van der Waals surface area contributed by atoms with Gasteiger partial charge in [-0.2, -0.15) is 0 Å². The van der Waals surface area contributed by atoms with E-state index in [4.69, 9.17) is 18.0 Å². The van der Waals surface area contributed by atoms with Crippen molar-refractivity contribution in [1.29, 1.82) is 0 Å². The Kier molecular flexibility index (Phi) is 5.14. The fourth-order valence-corrected chi connectivity index (χ4v) is 1.47. The van der Waals surface area contributed by atoms with E-state index in [2.05, 4.69) is 29.2 Å². The highest BCUT2D eigenvalue weighted by Gasteiger charge is 2.04. The minimum absolute atomic E-state index is 0.397. The minimum Gasteiger partial charge on any atom is -0.389 e. The largest absolute Gasteiger partial charge is 0.389 e. The molecule has 16 heavy (non-hydrogen) atoms. The van der Waals surface area contributed by atoms with Gasteiger partial charge >= 0.3 is 0 Å². The number of nitrogens with zero attached hydrogens (tertiary/aromatic N) is 2. The second-order valence-electron chi connectivity index (χ2n) is 3.61. The summed E-state index contributed by atoms with van der Waals surface area (Å²) in [7, 11) is 2.08. The summed E-state index contributed by atoms with van der Waals surface area (Å²) in [6.07, 6.45) is 3.44. The number of nitrogens with one attached hydrogen (secondary N) is 1. The van der Waals surface area contributed by atoms with Crippen molar-refractivity contribution < 1.29 is 0 Å². The van der Waals surface area contributed by atoms with Crippen LogP contribution in [0.4, 0.5) is 5.69 Å². The number of nitrogens with two attached hydrogens (primary N) is 1. The van der Waals surface area contributed by atoms with Crippen LogP contribution in [-0.4, -0.2) is 41.6 Å². The number of pyridine rings is 1. The third-order valence-corrected chi connectivity index (χ3v) is 2.66. The van der Waals surface area contributed by atoms with E-state index in [1.807, 2.05) is 6.07 Å². The van der Waals surface area contributed by atoms with Crippen LogP contribution in [0.5, 0.6) is 0 Å². The molecule has 0 aliphatic rings. The van der Waals surface area contributed by atoms with E-state index in [9.17, 15) is 0 Å². The maximum atomic E-state index is 5.63. The first-order chi connectivity index (χ1) is 7.65. The zero-order valence-corrected chi connectivity index (χ0v) is 10.5. The molecule has 3 N–H and O–H groups in total. The Morgan fingerprint density at radius 1 is 1.62 bits per heavy atom. The lowest BCUT2D eigenvalue weighted by molar-refractivity contribution is 0.367.